The highest BCUT2D eigenvalue weighted by Gasteiger charge is 2.31. The van der Waals surface area contributed by atoms with Gasteiger partial charge in [-0.15, -0.1) is 0 Å². The molecule has 0 N–H and O–H groups in total. The van der Waals surface area contributed by atoms with E-state index in [9.17, 15) is 0 Å². The first kappa shape index (κ1) is 14.9. The molecule has 1 aliphatic heterocycles. The number of rotatable bonds is 3. The molecule has 0 aliphatic carbocycles. The minimum atomic E-state index is 0.227. The highest BCUT2D eigenvalue weighted by atomic mass is 16.5. The van der Waals surface area contributed by atoms with Crippen LogP contribution in [0.25, 0.3) is 0 Å². The van der Waals surface area contributed by atoms with Gasteiger partial charge < -0.3 is 4.74 Å². The zero-order chi connectivity index (χ0) is 13.1. The largest absolute Gasteiger partial charge is 0.379 e. The van der Waals surface area contributed by atoms with Crippen LogP contribution in [0.5, 0.6) is 0 Å². The van der Waals surface area contributed by atoms with Crippen molar-refractivity contribution in [3.05, 3.63) is 0 Å². The standard InChI is InChI=1S/C14H30N2O/c1-13(2,3)16(14(4,5)6)8-7-15-9-11-17-12-10-15/h7-12H2,1-6H3. The Balaban J connectivity index is 2.49. The lowest BCUT2D eigenvalue weighted by atomic mass is 9.96. The summed E-state index contributed by atoms with van der Waals surface area (Å²) in [5.74, 6) is 0. The summed E-state index contributed by atoms with van der Waals surface area (Å²) in [6.45, 7) is 20.1. The van der Waals surface area contributed by atoms with Crippen LogP contribution in [0.4, 0.5) is 0 Å². The monoisotopic (exact) mass is 242 g/mol. The molecule has 3 heteroatoms. The molecule has 1 rings (SSSR count). The molecule has 0 saturated carbocycles. The lowest BCUT2D eigenvalue weighted by Gasteiger charge is -2.46. The maximum absolute atomic E-state index is 5.39. The van der Waals surface area contributed by atoms with Crippen molar-refractivity contribution in [1.82, 2.24) is 9.80 Å². The van der Waals surface area contributed by atoms with Crippen molar-refractivity contribution in [2.45, 2.75) is 52.6 Å². The summed E-state index contributed by atoms with van der Waals surface area (Å²) in [5.41, 5.74) is 0.453. The molecule has 1 fully saturated rings. The van der Waals surface area contributed by atoms with E-state index in [1.165, 1.54) is 0 Å². The van der Waals surface area contributed by atoms with E-state index in [0.717, 1.165) is 39.4 Å². The Morgan fingerprint density at radius 1 is 0.941 bits per heavy atom. The number of ether oxygens (including phenoxy) is 1. The smallest absolute Gasteiger partial charge is 0.0594 e. The van der Waals surface area contributed by atoms with Crippen molar-refractivity contribution in [3.63, 3.8) is 0 Å². The molecule has 102 valence electrons. The Kier molecular flexibility index (Phi) is 4.99. The van der Waals surface area contributed by atoms with E-state index in [0.29, 0.717) is 0 Å². The minimum absolute atomic E-state index is 0.227. The van der Waals surface area contributed by atoms with Crippen LogP contribution in [0.2, 0.25) is 0 Å². The number of hydrogen-bond acceptors (Lipinski definition) is 3. The molecule has 0 radical (unpaired) electrons. The minimum Gasteiger partial charge on any atom is -0.379 e. The van der Waals surface area contributed by atoms with Crippen LogP contribution in [0, 0.1) is 0 Å². The van der Waals surface area contributed by atoms with Crippen molar-refractivity contribution in [3.8, 4) is 0 Å². The summed E-state index contributed by atoms with van der Waals surface area (Å²) in [6, 6.07) is 0. The van der Waals surface area contributed by atoms with Crippen molar-refractivity contribution >= 4 is 0 Å². The van der Waals surface area contributed by atoms with Gasteiger partial charge in [-0.1, -0.05) is 0 Å². The van der Waals surface area contributed by atoms with Gasteiger partial charge in [0.25, 0.3) is 0 Å². The maximum Gasteiger partial charge on any atom is 0.0594 e. The van der Waals surface area contributed by atoms with Gasteiger partial charge in [-0.2, -0.15) is 0 Å². The molecule has 1 heterocycles. The second kappa shape index (κ2) is 5.68. The third-order valence-electron chi connectivity index (χ3n) is 3.36. The molecule has 1 saturated heterocycles. The number of nitrogens with zero attached hydrogens (tertiary/aromatic N) is 2. The van der Waals surface area contributed by atoms with E-state index in [4.69, 9.17) is 4.74 Å². The summed E-state index contributed by atoms with van der Waals surface area (Å²) in [4.78, 5) is 5.10. The predicted octanol–water partition coefficient (Wildman–Crippen LogP) is 2.22. The maximum atomic E-state index is 5.39. The van der Waals surface area contributed by atoms with Crippen molar-refractivity contribution in [2.24, 2.45) is 0 Å². The van der Waals surface area contributed by atoms with Gasteiger partial charge in [-0.25, -0.2) is 0 Å². The van der Waals surface area contributed by atoms with Gasteiger partial charge in [0.15, 0.2) is 0 Å². The first-order valence-electron chi connectivity index (χ1n) is 6.79. The zero-order valence-electron chi connectivity index (χ0n) is 12.5. The van der Waals surface area contributed by atoms with Gasteiger partial charge in [0.2, 0.25) is 0 Å². The Bertz CT molecular complexity index is 207. The molecule has 0 aromatic heterocycles. The van der Waals surface area contributed by atoms with Crippen LogP contribution in [-0.4, -0.2) is 60.3 Å². The third-order valence-corrected chi connectivity index (χ3v) is 3.36. The lowest BCUT2D eigenvalue weighted by Crippen LogP contribution is -2.55. The first-order chi connectivity index (χ1) is 7.71. The molecule has 1 aliphatic rings. The quantitative estimate of drug-likeness (QED) is 0.755. The summed E-state index contributed by atoms with van der Waals surface area (Å²) in [5, 5.41) is 0. The normalized spacial score (nSPS) is 19.9. The summed E-state index contributed by atoms with van der Waals surface area (Å²) < 4.78 is 5.39. The lowest BCUT2D eigenvalue weighted by molar-refractivity contribution is 0.00270. The molecule has 0 atom stereocenters. The molecule has 3 nitrogen and oxygen atoms in total. The van der Waals surface area contributed by atoms with Gasteiger partial charge in [-0.05, 0) is 41.5 Å². The molecule has 0 aromatic rings. The molecular formula is C14H30N2O. The Morgan fingerprint density at radius 3 is 1.82 bits per heavy atom. The van der Waals surface area contributed by atoms with Crippen LogP contribution >= 0.6 is 0 Å². The zero-order valence-corrected chi connectivity index (χ0v) is 12.5. The average Bonchev–Trinajstić information content (AvgIpc) is 2.15. The Hall–Kier alpha value is -0.120. The van der Waals surface area contributed by atoms with Gasteiger partial charge in [-0.3, -0.25) is 9.80 Å². The fourth-order valence-electron chi connectivity index (χ4n) is 2.74. The summed E-state index contributed by atoms with van der Waals surface area (Å²) >= 11 is 0. The highest BCUT2D eigenvalue weighted by Crippen LogP contribution is 2.24. The van der Waals surface area contributed by atoms with Crippen molar-refractivity contribution in [2.75, 3.05) is 39.4 Å². The van der Waals surface area contributed by atoms with Gasteiger partial charge in [0, 0.05) is 37.3 Å². The van der Waals surface area contributed by atoms with Crippen LogP contribution in [-0.2, 0) is 4.74 Å². The molecule has 0 amide bonds. The molecule has 0 unspecified atom stereocenters. The van der Waals surface area contributed by atoms with Gasteiger partial charge in [0.05, 0.1) is 13.2 Å². The van der Waals surface area contributed by atoms with E-state index in [1.807, 2.05) is 0 Å². The SMILES string of the molecule is CC(C)(C)N(CCN1CCOCC1)C(C)(C)C. The van der Waals surface area contributed by atoms with E-state index >= 15 is 0 Å². The van der Waals surface area contributed by atoms with Gasteiger partial charge >= 0.3 is 0 Å². The van der Waals surface area contributed by atoms with Crippen LogP contribution in [0.15, 0.2) is 0 Å². The van der Waals surface area contributed by atoms with E-state index in [1.54, 1.807) is 0 Å². The van der Waals surface area contributed by atoms with Gasteiger partial charge in [0.1, 0.15) is 0 Å². The fourth-order valence-corrected chi connectivity index (χ4v) is 2.74. The summed E-state index contributed by atoms with van der Waals surface area (Å²) in [7, 11) is 0. The molecule has 0 spiro atoms. The number of hydrogen-bond donors (Lipinski definition) is 0. The number of morpholine rings is 1. The predicted molar refractivity (Wildman–Crippen MR) is 73.5 cm³/mol. The molecule has 17 heavy (non-hydrogen) atoms. The average molecular weight is 242 g/mol. The third kappa shape index (κ3) is 4.94. The van der Waals surface area contributed by atoms with Crippen molar-refractivity contribution in [1.29, 1.82) is 0 Å². The van der Waals surface area contributed by atoms with Crippen LogP contribution in [0.1, 0.15) is 41.5 Å². The molecule has 0 aromatic carbocycles. The van der Waals surface area contributed by atoms with Crippen molar-refractivity contribution < 1.29 is 4.74 Å². The second-order valence-corrected chi connectivity index (χ2v) is 6.95. The van der Waals surface area contributed by atoms with E-state index in [-0.39, 0.29) is 11.1 Å². The highest BCUT2D eigenvalue weighted by molar-refractivity contribution is 4.87. The van der Waals surface area contributed by atoms with E-state index < -0.39 is 0 Å². The topological polar surface area (TPSA) is 15.7 Å². The summed E-state index contributed by atoms with van der Waals surface area (Å²) in [6.07, 6.45) is 0. The Morgan fingerprint density at radius 2 is 1.41 bits per heavy atom. The van der Waals surface area contributed by atoms with Crippen LogP contribution in [0.3, 0.4) is 0 Å². The molecular weight excluding hydrogens is 212 g/mol. The first-order valence-corrected chi connectivity index (χ1v) is 6.79. The second-order valence-electron chi connectivity index (χ2n) is 6.95. The molecule has 0 bridgehead atoms. The van der Waals surface area contributed by atoms with E-state index in [2.05, 4.69) is 51.3 Å². The Labute approximate surface area is 107 Å². The van der Waals surface area contributed by atoms with Crippen LogP contribution < -0.4 is 0 Å². The fraction of sp³-hybridized carbons (Fsp3) is 1.00.